The van der Waals surface area contributed by atoms with Crippen molar-refractivity contribution in [1.82, 2.24) is 5.32 Å². The lowest BCUT2D eigenvalue weighted by atomic mass is 9.96. The summed E-state index contributed by atoms with van der Waals surface area (Å²) in [5, 5.41) is 3.76. The maximum absolute atomic E-state index is 11.6. The van der Waals surface area contributed by atoms with Crippen LogP contribution in [-0.4, -0.2) is 14.7 Å². The molecule has 0 aliphatic heterocycles. The van der Waals surface area contributed by atoms with Crippen LogP contribution in [0.5, 0.6) is 0 Å². The van der Waals surface area contributed by atoms with Crippen molar-refractivity contribution in [3.8, 4) is 0 Å². The van der Waals surface area contributed by atoms with Crippen molar-refractivity contribution >= 4 is 9.84 Å². The zero-order valence-electron chi connectivity index (χ0n) is 14.5. The van der Waals surface area contributed by atoms with Crippen LogP contribution in [-0.2, 0) is 9.84 Å². The molecule has 2 aromatic rings. The minimum Gasteiger partial charge on any atom is -0.303 e. The van der Waals surface area contributed by atoms with E-state index >= 15 is 0 Å². The normalized spacial score (nSPS) is 17.5. The fourth-order valence-electron chi connectivity index (χ4n) is 3.21. The molecule has 0 heterocycles. The quantitative estimate of drug-likeness (QED) is 0.855. The van der Waals surface area contributed by atoms with Crippen LogP contribution in [0.1, 0.15) is 48.5 Å². The molecule has 0 aromatic heterocycles. The first-order valence-corrected chi connectivity index (χ1v) is 10.4. The molecule has 1 N–H and O–H groups in total. The minimum absolute atomic E-state index is 0.170. The molecule has 0 spiro atoms. The lowest BCUT2D eigenvalue weighted by Gasteiger charge is -2.25. The number of aryl methyl sites for hydroxylation is 1. The van der Waals surface area contributed by atoms with E-state index in [1.165, 1.54) is 30.2 Å². The van der Waals surface area contributed by atoms with Gasteiger partial charge >= 0.3 is 0 Å². The van der Waals surface area contributed by atoms with Gasteiger partial charge in [0.15, 0.2) is 9.84 Å². The lowest BCUT2D eigenvalue weighted by Crippen LogP contribution is -2.26. The number of sulfone groups is 1. The van der Waals surface area contributed by atoms with Crippen molar-refractivity contribution in [2.24, 2.45) is 5.92 Å². The minimum atomic E-state index is -3.14. The van der Waals surface area contributed by atoms with Gasteiger partial charge in [0.05, 0.1) is 4.90 Å². The number of hydrogen-bond acceptors (Lipinski definition) is 3. The molecule has 1 aliphatic rings. The molecule has 128 valence electrons. The van der Waals surface area contributed by atoms with Crippen LogP contribution in [0, 0.1) is 12.8 Å². The predicted octanol–water partition coefficient (Wildman–Crippen LogP) is 4.20. The van der Waals surface area contributed by atoms with Crippen LogP contribution in [0.25, 0.3) is 0 Å². The Labute approximate surface area is 145 Å². The molecule has 0 amide bonds. The Kier molecular flexibility index (Phi) is 4.79. The van der Waals surface area contributed by atoms with Crippen LogP contribution >= 0.6 is 0 Å². The molecule has 1 saturated carbocycles. The van der Waals surface area contributed by atoms with Crippen molar-refractivity contribution in [2.45, 2.75) is 43.7 Å². The fraction of sp³-hybridized carbons (Fsp3) is 0.400. The SMILES string of the molecule is Cc1ccccc1[C@@H](N[C@@H](C)c1ccc(S(C)(=O)=O)cc1)C1CC1. The average molecular weight is 343 g/mol. The first-order valence-electron chi connectivity index (χ1n) is 8.48. The zero-order valence-corrected chi connectivity index (χ0v) is 15.3. The third-order valence-electron chi connectivity index (χ3n) is 4.85. The molecule has 0 saturated heterocycles. The van der Waals surface area contributed by atoms with Gasteiger partial charge in [-0.1, -0.05) is 36.4 Å². The summed E-state index contributed by atoms with van der Waals surface area (Å²) in [4.78, 5) is 0.371. The largest absolute Gasteiger partial charge is 0.303 e. The Morgan fingerprint density at radius 3 is 2.21 bits per heavy atom. The molecule has 0 unspecified atom stereocenters. The summed E-state index contributed by atoms with van der Waals surface area (Å²) >= 11 is 0. The summed E-state index contributed by atoms with van der Waals surface area (Å²) < 4.78 is 23.2. The second kappa shape index (κ2) is 6.69. The topological polar surface area (TPSA) is 46.2 Å². The van der Waals surface area contributed by atoms with E-state index < -0.39 is 9.84 Å². The van der Waals surface area contributed by atoms with Crippen molar-refractivity contribution in [1.29, 1.82) is 0 Å². The Balaban J connectivity index is 1.79. The van der Waals surface area contributed by atoms with Crippen LogP contribution in [0.2, 0.25) is 0 Å². The summed E-state index contributed by atoms with van der Waals surface area (Å²) in [6.45, 7) is 4.31. The van der Waals surface area contributed by atoms with Crippen LogP contribution in [0.15, 0.2) is 53.4 Å². The smallest absolute Gasteiger partial charge is 0.175 e. The molecule has 2 aromatic carbocycles. The molecule has 0 radical (unpaired) electrons. The van der Waals surface area contributed by atoms with Gasteiger partial charge in [-0.15, -0.1) is 0 Å². The third-order valence-corrected chi connectivity index (χ3v) is 5.98. The Bertz CT molecular complexity index is 808. The maximum atomic E-state index is 11.6. The van der Waals surface area contributed by atoms with Crippen molar-refractivity contribution in [3.05, 3.63) is 65.2 Å². The highest BCUT2D eigenvalue weighted by molar-refractivity contribution is 7.90. The zero-order chi connectivity index (χ0) is 17.3. The Morgan fingerprint density at radius 2 is 1.67 bits per heavy atom. The van der Waals surface area contributed by atoms with E-state index in [-0.39, 0.29) is 6.04 Å². The van der Waals surface area contributed by atoms with E-state index in [2.05, 4.69) is 43.4 Å². The van der Waals surface area contributed by atoms with Crippen molar-refractivity contribution < 1.29 is 8.42 Å². The summed E-state index contributed by atoms with van der Waals surface area (Å²) in [6, 6.07) is 16.3. The van der Waals surface area contributed by atoms with Crippen LogP contribution in [0.4, 0.5) is 0 Å². The molecule has 24 heavy (non-hydrogen) atoms. The Hall–Kier alpha value is -1.65. The van der Waals surface area contributed by atoms with Gasteiger partial charge in [0.25, 0.3) is 0 Å². The van der Waals surface area contributed by atoms with E-state index in [1.54, 1.807) is 12.1 Å². The van der Waals surface area contributed by atoms with Crippen LogP contribution < -0.4 is 5.32 Å². The highest BCUT2D eigenvalue weighted by Crippen LogP contribution is 2.43. The van der Waals surface area contributed by atoms with Gasteiger partial charge in [0, 0.05) is 18.3 Å². The molecular formula is C20H25NO2S. The number of rotatable bonds is 6. The molecule has 2 atom stereocenters. The maximum Gasteiger partial charge on any atom is 0.175 e. The van der Waals surface area contributed by atoms with E-state index in [0.717, 1.165) is 5.56 Å². The highest BCUT2D eigenvalue weighted by atomic mass is 32.2. The van der Waals surface area contributed by atoms with Gasteiger partial charge in [-0.25, -0.2) is 8.42 Å². The number of nitrogens with one attached hydrogen (secondary N) is 1. The number of hydrogen-bond donors (Lipinski definition) is 1. The first-order chi connectivity index (χ1) is 11.4. The lowest BCUT2D eigenvalue weighted by molar-refractivity contribution is 0.426. The van der Waals surface area contributed by atoms with E-state index in [4.69, 9.17) is 0 Å². The monoisotopic (exact) mass is 343 g/mol. The van der Waals surface area contributed by atoms with Gasteiger partial charge in [0.1, 0.15) is 0 Å². The van der Waals surface area contributed by atoms with Gasteiger partial charge in [0.2, 0.25) is 0 Å². The van der Waals surface area contributed by atoms with E-state index in [9.17, 15) is 8.42 Å². The highest BCUT2D eigenvalue weighted by Gasteiger charge is 2.33. The second-order valence-corrected chi connectivity index (χ2v) is 8.92. The van der Waals surface area contributed by atoms with E-state index in [0.29, 0.717) is 16.9 Å². The Morgan fingerprint density at radius 1 is 1.04 bits per heavy atom. The fourth-order valence-corrected chi connectivity index (χ4v) is 3.84. The molecule has 3 rings (SSSR count). The first kappa shape index (κ1) is 17.2. The summed E-state index contributed by atoms with van der Waals surface area (Å²) in [5.74, 6) is 0.698. The van der Waals surface area contributed by atoms with E-state index in [1.807, 2.05) is 12.1 Å². The summed E-state index contributed by atoms with van der Waals surface area (Å²) in [5.41, 5.74) is 3.81. The molecule has 1 aliphatic carbocycles. The molecule has 3 nitrogen and oxygen atoms in total. The second-order valence-electron chi connectivity index (χ2n) is 6.90. The summed E-state index contributed by atoms with van der Waals surface area (Å²) in [6.07, 6.45) is 3.78. The number of benzene rings is 2. The standard InChI is InChI=1S/C20H25NO2S/c1-14-6-4-5-7-19(14)20(17-8-9-17)21-15(2)16-10-12-18(13-11-16)24(3,22)23/h4-7,10-13,15,17,20-21H,8-9H2,1-3H3/t15-,20-/m0/s1. The predicted molar refractivity (Wildman–Crippen MR) is 97.7 cm³/mol. The van der Waals surface area contributed by atoms with Gasteiger partial charge in [-0.2, -0.15) is 0 Å². The summed E-state index contributed by atoms with van der Waals surface area (Å²) in [7, 11) is -3.14. The average Bonchev–Trinajstić information content (AvgIpc) is 3.37. The molecule has 0 bridgehead atoms. The van der Waals surface area contributed by atoms with Gasteiger partial charge < -0.3 is 5.32 Å². The van der Waals surface area contributed by atoms with Gasteiger partial charge in [-0.3, -0.25) is 0 Å². The molecule has 4 heteroatoms. The molecule has 1 fully saturated rings. The third kappa shape index (κ3) is 3.87. The van der Waals surface area contributed by atoms with Gasteiger partial charge in [-0.05, 0) is 61.4 Å². The van der Waals surface area contributed by atoms with Crippen molar-refractivity contribution in [2.75, 3.05) is 6.26 Å². The van der Waals surface area contributed by atoms with Crippen LogP contribution in [0.3, 0.4) is 0 Å². The van der Waals surface area contributed by atoms with Crippen molar-refractivity contribution in [3.63, 3.8) is 0 Å². The molecular weight excluding hydrogens is 318 g/mol.